The van der Waals surface area contributed by atoms with Crippen LogP contribution in [0.25, 0.3) is 0 Å². The van der Waals surface area contributed by atoms with Gasteiger partial charge >= 0.3 is 0 Å². The lowest BCUT2D eigenvalue weighted by Gasteiger charge is -2.41. The lowest BCUT2D eigenvalue weighted by molar-refractivity contribution is 0.0974. The molecule has 13 heteroatoms. The molecule has 2 aliphatic heterocycles. The van der Waals surface area contributed by atoms with Crippen molar-refractivity contribution in [2.45, 2.75) is 46.7 Å². The van der Waals surface area contributed by atoms with E-state index in [4.69, 9.17) is 27.8 Å². The number of piperidine rings is 1. The minimum Gasteiger partial charge on any atom is -0.376 e. The highest BCUT2D eigenvalue weighted by Gasteiger charge is 2.47. The van der Waals surface area contributed by atoms with Crippen LogP contribution < -0.4 is 21.1 Å². The van der Waals surface area contributed by atoms with Crippen molar-refractivity contribution in [3.05, 3.63) is 65.4 Å². The molecule has 0 bridgehead atoms. The Balaban J connectivity index is 1.27. The maximum Gasteiger partial charge on any atom is 0.262 e. The van der Waals surface area contributed by atoms with Crippen LogP contribution in [0.3, 0.4) is 0 Å². The van der Waals surface area contributed by atoms with Crippen molar-refractivity contribution in [2.24, 2.45) is 16.9 Å². The molecule has 5 N–H and O–H groups in total. The van der Waals surface area contributed by atoms with Crippen LogP contribution >= 0.6 is 23.4 Å². The van der Waals surface area contributed by atoms with Gasteiger partial charge in [0.2, 0.25) is 5.91 Å². The first kappa shape index (κ1) is 27.7. The molecule has 2 atom stereocenters. The van der Waals surface area contributed by atoms with Crippen LogP contribution in [0.15, 0.2) is 69.7 Å². The third kappa shape index (κ3) is 5.57. The molecular formula is C26H29ClN6O4S2. The fourth-order valence-electron chi connectivity index (χ4n) is 5.06. The maximum absolute atomic E-state index is 13.0. The molecule has 39 heavy (non-hydrogen) atoms. The van der Waals surface area contributed by atoms with Crippen LogP contribution in [0.4, 0.5) is 11.5 Å². The van der Waals surface area contributed by atoms with Gasteiger partial charge in [0, 0.05) is 29.4 Å². The molecule has 0 radical (unpaired) electrons. The van der Waals surface area contributed by atoms with E-state index in [-0.39, 0.29) is 38.7 Å². The first-order valence-electron chi connectivity index (χ1n) is 12.4. The summed E-state index contributed by atoms with van der Waals surface area (Å²) in [4.78, 5) is 23.4. The second-order valence-corrected chi connectivity index (χ2v) is 12.9. The molecule has 3 heterocycles. The van der Waals surface area contributed by atoms with Crippen LogP contribution in [-0.2, 0) is 14.8 Å². The lowest BCUT2D eigenvalue weighted by atomic mass is 9.73. The van der Waals surface area contributed by atoms with E-state index >= 15 is 0 Å². The summed E-state index contributed by atoms with van der Waals surface area (Å²) in [6.07, 6.45) is 5.37. The van der Waals surface area contributed by atoms with Crippen LogP contribution in [-0.4, -0.2) is 56.1 Å². The molecule has 5 rings (SSSR count). The number of nitrogens with two attached hydrogens (primary N) is 2. The number of nitrogens with one attached hydrogen (secondary N) is 1. The third-order valence-corrected chi connectivity index (χ3v) is 10.3. The van der Waals surface area contributed by atoms with E-state index in [0.29, 0.717) is 16.5 Å². The molecule has 1 aromatic heterocycles. The molecule has 206 valence electrons. The molecule has 10 nitrogen and oxygen atoms in total. The SMILES string of the molecule is C[C@@H]1OCC2(CCN(c3cnc(Sc4cccc(NS(=O)(=O)c5ccccc5C(N)=O)c4Cl)cn3)CC2)[C@@H]1N. The third-order valence-electron chi connectivity index (χ3n) is 7.41. The van der Waals surface area contributed by atoms with E-state index in [2.05, 4.69) is 19.6 Å². The number of halogens is 1. The Labute approximate surface area is 236 Å². The number of hydrogen-bond acceptors (Lipinski definition) is 9. The van der Waals surface area contributed by atoms with Crippen molar-refractivity contribution in [3.63, 3.8) is 0 Å². The highest BCUT2D eigenvalue weighted by atomic mass is 35.5. The minimum absolute atomic E-state index is 0.0321. The number of carbonyl (C=O) groups is 1. The van der Waals surface area contributed by atoms with Gasteiger partial charge in [-0.15, -0.1) is 0 Å². The number of primary amides is 1. The summed E-state index contributed by atoms with van der Waals surface area (Å²) in [7, 11) is -4.13. The zero-order valence-electron chi connectivity index (χ0n) is 21.2. The summed E-state index contributed by atoms with van der Waals surface area (Å²) in [5, 5.41) is 0.799. The van der Waals surface area contributed by atoms with Crippen molar-refractivity contribution in [2.75, 3.05) is 29.3 Å². The van der Waals surface area contributed by atoms with Crippen molar-refractivity contribution in [3.8, 4) is 0 Å². The maximum atomic E-state index is 13.0. The highest BCUT2D eigenvalue weighted by molar-refractivity contribution is 7.99. The largest absolute Gasteiger partial charge is 0.376 e. The second kappa shape index (κ2) is 10.9. The van der Waals surface area contributed by atoms with E-state index < -0.39 is 15.9 Å². The van der Waals surface area contributed by atoms with Gasteiger partial charge in [-0.05, 0) is 44.0 Å². The standard InChI is InChI=1S/C26H29ClN6O4S2/c1-16-24(28)26(15-37-16)9-11-33(12-10-26)21-13-31-22(14-30-21)38-19-7-4-6-18(23(19)27)32-39(35,36)20-8-3-2-5-17(20)25(29)34/h2-8,13-14,16,24,32H,9-12,15,28H2,1H3,(H2,29,34)/t16-,24+/m0/s1. The molecule has 0 unspecified atom stereocenters. The van der Waals surface area contributed by atoms with Gasteiger partial charge in [-0.2, -0.15) is 0 Å². The monoisotopic (exact) mass is 588 g/mol. The lowest BCUT2D eigenvalue weighted by Crippen LogP contribution is -2.50. The van der Waals surface area contributed by atoms with Gasteiger partial charge in [-0.3, -0.25) is 9.52 Å². The molecule has 1 spiro atoms. The molecule has 2 aromatic carbocycles. The normalized spacial score (nSPS) is 20.7. The Bertz CT molecular complexity index is 1480. The first-order chi connectivity index (χ1) is 18.6. The summed E-state index contributed by atoms with van der Waals surface area (Å²) in [5.74, 6) is -0.0568. The van der Waals surface area contributed by atoms with E-state index in [1.807, 2.05) is 6.92 Å². The number of amides is 1. The number of benzene rings is 2. The van der Waals surface area contributed by atoms with Gasteiger partial charge in [-0.25, -0.2) is 18.4 Å². The van der Waals surface area contributed by atoms with Crippen LogP contribution in [0.1, 0.15) is 30.1 Å². The fourth-order valence-corrected chi connectivity index (χ4v) is 7.48. The topological polar surface area (TPSA) is 154 Å². The number of anilines is 2. The predicted octanol–water partition coefficient (Wildman–Crippen LogP) is 3.51. The van der Waals surface area contributed by atoms with Gasteiger partial charge in [0.1, 0.15) is 15.7 Å². The number of ether oxygens (including phenoxy) is 1. The van der Waals surface area contributed by atoms with E-state index in [1.54, 1.807) is 24.5 Å². The number of aromatic nitrogens is 2. The van der Waals surface area contributed by atoms with Gasteiger partial charge in [0.15, 0.2) is 0 Å². The average Bonchev–Trinajstić information content (AvgIpc) is 3.20. The number of hydrogen-bond donors (Lipinski definition) is 3. The minimum atomic E-state index is -4.13. The smallest absolute Gasteiger partial charge is 0.262 e. The molecule has 3 aromatic rings. The fraction of sp³-hybridized carbons (Fsp3) is 0.346. The number of rotatable bonds is 7. The number of nitrogens with zero attached hydrogens (tertiary/aromatic N) is 3. The molecule has 2 aliphatic rings. The second-order valence-electron chi connectivity index (χ2n) is 9.79. The first-order valence-corrected chi connectivity index (χ1v) is 15.1. The van der Waals surface area contributed by atoms with Crippen LogP contribution in [0.5, 0.6) is 0 Å². The van der Waals surface area contributed by atoms with Gasteiger partial charge in [-0.1, -0.05) is 41.6 Å². The molecule has 0 saturated carbocycles. The van der Waals surface area contributed by atoms with Crippen molar-refractivity contribution >= 4 is 50.8 Å². The summed E-state index contributed by atoms with van der Waals surface area (Å²) in [5.41, 5.74) is 11.9. The van der Waals surface area contributed by atoms with Crippen LogP contribution in [0, 0.1) is 5.41 Å². The Kier molecular flexibility index (Phi) is 7.75. The zero-order valence-corrected chi connectivity index (χ0v) is 23.6. The van der Waals surface area contributed by atoms with Gasteiger partial charge < -0.3 is 21.1 Å². The summed E-state index contributed by atoms with van der Waals surface area (Å²) in [6, 6.07) is 10.7. The molecule has 2 saturated heterocycles. The van der Waals surface area contributed by atoms with E-state index in [0.717, 1.165) is 31.7 Å². The predicted molar refractivity (Wildman–Crippen MR) is 151 cm³/mol. The van der Waals surface area contributed by atoms with Gasteiger partial charge in [0.05, 0.1) is 41.4 Å². The number of carbonyl (C=O) groups excluding carboxylic acids is 1. The zero-order chi connectivity index (χ0) is 27.8. The molecular weight excluding hydrogens is 560 g/mol. The Hall–Kier alpha value is -2.90. The van der Waals surface area contributed by atoms with E-state index in [1.165, 1.54) is 42.1 Å². The number of sulfonamides is 1. The summed E-state index contributed by atoms with van der Waals surface area (Å²) < 4.78 is 34.3. The summed E-state index contributed by atoms with van der Waals surface area (Å²) in [6.45, 7) is 4.40. The highest BCUT2D eigenvalue weighted by Crippen LogP contribution is 2.42. The quantitative estimate of drug-likeness (QED) is 0.376. The van der Waals surface area contributed by atoms with E-state index in [9.17, 15) is 13.2 Å². The van der Waals surface area contributed by atoms with Gasteiger partial charge in [0.25, 0.3) is 10.0 Å². The Morgan fingerprint density at radius 1 is 1.15 bits per heavy atom. The summed E-state index contributed by atoms with van der Waals surface area (Å²) >= 11 is 7.84. The Morgan fingerprint density at radius 3 is 2.54 bits per heavy atom. The average molecular weight is 589 g/mol. The molecule has 0 aliphatic carbocycles. The molecule has 2 fully saturated rings. The van der Waals surface area contributed by atoms with Crippen molar-refractivity contribution in [1.82, 2.24) is 9.97 Å². The van der Waals surface area contributed by atoms with Crippen molar-refractivity contribution < 1.29 is 17.9 Å². The van der Waals surface area contributed by atoms with Crippen LogP contribution in [0.2, 0.25) is 5.02 Å². The Morgan fingerprint density at radius 2 is 1.90 bits per heavy atom. The molecule has 1 amide bonds. The van der Waals surface area contributed by atoms with Crippen molar-refractivity contribution in [1.29, 1.82) is 0 Å².